The highest BCUT2D eigenvalue weighted by atomic mass is 16.1. The van der Waals surface area contributed by atoms with Crippen molar-refractivity contribution in [3.63, 3.8) is 0 Å². The molecule has 144 valence electrons. The number of para-hydroxylation sites is 3. The topological polar surface area (TPSA) is 72.7 Å². The zero-order valence-corrected chi connectivity index (χ0v) is 16.3. The third-order valence-electron chi connectivity index (χ3n) is 4.75. The molecule has 4 aromatic rings. The van der Waals surface area contributed by atoms with Crippen LogP contribution >= 0.6 is 0 Å². The fraction of sp³-hybridized carbons (Fsp3) is 0.130. The van der Waals surface area contributed by atoms with E-state index in [-0.39, 0.29) is 5.91 Å². The number of hydrogen-bond donors (Lipinski definition) is 1. The molecule has 6 heteroatoms. The van der Waals surface area contributed by atoms with Gasteiger partial charge in [-0.15, -0.1) is 0 Å². The molecule has 4 rings (SSSR count). The van der Waals surface area contributed by atoms with Crippen LogP contribution in [0.4, 0.5) is 0 Å². The predicted octanol–water partition coefficient (Wildman–Crippen LogP) is 3.76. The number of rotatable bonds is 5. The Bertz CT molecular complexity index is 1190. The number of benzene rings is 2. The van der Waals surface area contributed by atoms with Gasteiger partial charge in [0.15, 0.2) is 0 Å². The Kier molecular flexibility index (Phi) is 5.16. The smallest absolute Gasteiger partial charge is 0.244 e. The van der Waals surface area contributed by atoms with Crippen LogP contribution < -0.4 is 5.32 Å². The van der Waals surface area contributed by atoms with Gasteiger partial charge in [-0.1, -0.05) is 30.3 Å². The average Bonchev–Trinajstić information content (AvgIpc) is 3.04. The lowest BCUT2D eigenvalue weighted by molar-refractivity contribution is -0.116. The molecule has 0 saturated carbocycles. The Labute approximate surface area is 168 Å². The van der Waals surface area contributed by atoms with Crippen LogP contribution in [0.5, 0.6) is 0 Å². The molecule has 0 aliphatic rings. The van der Waals surface area contributed by atoms with E-state index in [9.17, 15) is 4.79 Å². The second kappa shape index (κ2) is 8.06. The third kappa shape index (κ3) is 4.06. The molecule has 0 atom stereocenters. The van der Waals surface area contributed by atoms with Crippen molar-refractivity contribution in [2.45, 2.75) is 20.4 Å². The SMILES string of the molecule is Cc1nn(-c2ccccc2)c(C)c1CNC(=O)/C=C/c1cnc2ccccc2n1. The van der Waals surface area contributed by atoms with E-state index in [1.807, 2.05) is 73.1 Å². The molecular formula is C23H21N5O. The van der Waals surface area contributed by atoms with Crippen molar-refractivity contribution in [3.8, 4) is 5.69 Å². The number of aromatic nitrogens is 4. The van der Waals surface area contributed by atoms with Crippen molar-refractivity contribution in [1.29, 1.82) is 0 Å². The fourth-order valence-electron chi connectivity index (χ4n) is 3.20. The van der Waals surface area contributed by atoms with Gasteiger partial charge in [0.25, 0.3) is 0 Å². The van der Waals surface area contributed by atoms with Gasteiger partial charge in [-0.25, -0.2) is 9.67 Å². The highest BCUT2D eigenvalue weighted by Gasteiger charge is 2.13. The molecule has 0 spiro atoms. The molecule has 0 bridgehead atoms. The van der Waals surface area contributed by atoms with E-state index in [1.165, 1.54) is 6.08 Å². The van der Waals surface area contributed by atoms with Crippen molar-refractivity contribution >= 4 is 23.0 Å². The monoisotopic (exact) mass is 383 g/mol. The van der Waals surface area contributed by atoms with Crippen LogP contribution in [0.3, 0.4) is 0 Å². The van der Waals surface area contributed by atoms with E-state index in [1.54, 1.807) is 12.3 Å². The summed E-state index contributed by atoms with van der Waals surface area (Å²) in [6, 6.07) is 17.6. The standard InChI is InChI=1S/C23H21N5O/c1-16-20(17(2)28(27-16)19-8-4-3-5-9-19)15-25-23(29)13-12-18-14-24-21-10-6-7-11-22(21)26-18/h3-14H,15H2,1-2H3,(H,25,29)/b13-12+. The number of aryl methyl sites for hydroxylation is 1. The van der Waals surface area contributed by atoms with Gasteiger partial charge >= 0.3 is 0 Å². The molecule has 0 saturated heterocycles. The maximum Gasteiger partial charge on any atom is 0.244 e. The Morgan fingerprint density at radius 3 is 2.55 bits per heavy atom. The normalized spacial score (nSPS) is 11.2. The van der Waals surface area contributed by atoms with Gasteiger partial charge in [-0.2, -0.15) is 5.10 Å². The quantitative estimate of drug-likeness (QED) is 0.533. The number of carbonyl (C=O) groups is 1. The molecule has 0 fully saturated rings. The second-order valence-electron chi connectivity index (χ2n) is 6.73. The van der Waals surface area contributed by atoms with Gasteiger partial charge < -0.3 is 5.32 Å². The number of amides is 1. The zero-order chi connectivity index (χ0) is 20.2. The van der Waals surface area contributed by atoms with Crippen LogP contribution in [-0.2, 0) is 11.3 Å². The predicted molar refractivity (Wildman–Crippen MR) is 113 cm³/mol. The van der Waals surface area contributed by atoms with Crippen molar-refractivity contribution in [2.24, 2.45) is 0 Å². The van der Waals surface area contributed by atoms with Crippen LogP contribution in [0.25, 0.3) is 22.8 Å². The minimum atomic E-state index is -0.189. The van der Waals surface area contributed by atoms with Gasteiger partial charge in [0.05, 0.1) is 34.3 Å². The van der Waals surface area contributed by atoms with Crippen LogP contribution in [0.15, 0.2) is 66.9 Å². The van der Waals surface area contributed by atoms with Gasteiger partial charge in [0.2, 0.25) is 5.91 Å². The first-order valence-electron chi connectivity index (χ1n) is 9.40. The maximum atomic E-state index is 12.3. The van der Waals surface area contributed by atoms with Crippen LogP contribution in [-0.4, -0.2) is 25.7 Å². The summed E-state index contributed by atoms with van der Waals surface area (Å²) in [5, 5.41) is 7.54. The number of nitrogens with zero attached hydrogens (tertiary/aromatic N) is 4. The maximum absolute atomic E-state index is 12.3. The molecule has 2 heterocycles. The van der Waals surface area contributed by atoms with Crippen LogP contribution in [0.2, 0.25) is 0 Å². The lowest BCUT2D eigenvalue weighted by Gasteiger charge is -2.06. The highest BCUT2D eigenvalue weighted by molar-refractivity contribution is 5.91. The van der Waals surface area contributed by atoms with Gasteiger partial charge in [0, 0.05) is 23.9 Å². The van der Waals surface area contributed by atoms with Crippen molar-refractivity contribution in [3.05, 3.63) is 89.5 Å². The molecule has 0 unspecified atom stereocenters. The minimum absolute atomic E-state index is 0.189. The summed E-state index contributed by atoms with van der Waals surface area (Å²) in [6.07, 6.45) is 4.80. The van der Waals surface area contributed by atoms with Gasteiger partial charge in [-0.3, -0.25) is 9.78 Å². The van der Waals surface area contributed by atoms with Crippen LogP contribution in [0, 0.1) is 13.8 Å². The Balaban J connectivity index is 1.44. The third-order valence-corrected chi connectivity index (χ3v) is 4.75. The summed E-state index contributed by atoms with van der Waals surface area (Å²) in [7, 11) is 0. The van der Waals surface area contributed by atoms with Crippen molar-refractivity contribution < 1.29 is 4.79 Å². The summed E-state index contributed by atoms with van der Waals surface area (Å²) >= 11 is 0. The van der Waals surface area contributed by atoms with E-state index in [0.29, 0.717) is 12.2 Å². The lowest BCUT2D eigenvalue weighted by atomic mass is 10.2. The number of nitrogens with one attached hydrogen (secondary N) is 1. The molecule has 0 aliphatic heterocycles. The molecule has 0 radical (unpaired) electrons. The molecular weight excluding hydrogens is 362 g/mol. The summed E-state index contributed by atoms with van der Waals surface area (Å²) in [5.41, 5.74) is 6.20. The number of fused-ring (bicyclic) bond motifs is 1. The molecule has 2 aromatic carbocycles. The summed E-state index contributed by atoms with van der Waals surface area (Å²) in [5.74, 6) is -0.189. The van der Waals surface area contributed by atoms with Crippen LogP contribution in [0.1, 0.15) is 22.6 Å². The summed E-state index contributed by atoms with van der Waals surface area (Å²) in [6.45, 7) is 4.38. The minimum Gasteiger partial charge on any atom is -0.348 e. The summed E-state index contributed by atoms with van der Waals surface area (Å²) < 4.78 is 1.90. The number of carbonyl (C=O) groups excluding carboxylic acids is 1. The molecule has 1 amide bonds. The molecule has 6 nitrogen and oxygen atoms in total. The van der Waals surface area contributed by atoms with Crippen molar-refractivity contribution in [2.75, 3.05) is 0 Å². The Hall–Kier alpha value is -3.80. The van der Waals surface area contributed by atoms with E-state index >= 15 is 0 Å². The van der Waals surface area contributed by atoms with E-state index in [2.05, 4.69) is 20.4 Å². The first-order chi connectivity index (χ1) is 14.1. The Morgan fingerprint density at radius 1 is 1.03 bits per heavy atom. The first-order valence-corrected chi connectivity index (χ1v) is 9.40. The van der Waals surface area contributed by atoms with Gasteiger partial charge in [-0.05, 0) is 44.2 Å². The second-order valence-corrected chi connectivity index (χ2v) is 6.73. The average molecular weight is 383 g/mol. The van der Waals surface area contributed by atoms with E-state index < -0.39 is 0 Å². The summed E-state index contributed by atoms with van der Waals surface area (Å²) in [4.78, 5) is 21.1. The lowest BCUT2D eigenvalue weighted by Crippen LogP contribution is -2.21. The fourth-order valence-corrected chi connectivity index (χ4v) is 3.20. The number of hydrogen-bond acceptors (Lipinski definition) is 4. The molecule has 0 aliphatic carbocycles. The van der Waals surface area contributed by atoms with Crippen molar-refractivity contribution in [1.82, 2.24) is 25.1 Å². The van der Waals surface area contributed by atoms with E-state index in [0.717, 1.165) is 33.7 Å². The highest BCUT2D eigenvalue weighted by Crippen LogP contribution is 2.17. The first kappa shape index (κ1) is 18.6. The largest absolute Gasteiger partial charge is 0.348 e. The molecule has 29 heavy (non-hydrogen) atoms. The molecule has 2 aromatic heterocycles. The zero-order valence-electron chi connectivity index (χ0n) is 16.3. The molecule has 1 N–H and O–H groups in total. The Morgan fingerprint density at radius 2 is 1.76 bits per heavy atom. The van der Waals surface area contributed by atoms with Gasteiger partial charge in [0.1, 0.15) is 0 Å². The van der Waals surface area contributed by atoms with E-state index in [4.69, 9.17) is 0 Å².